The van der Waals surface area contributed by atoms with Crippen LogP contribution in [0.3, 0.4) is 0 Å². The third-order valence-corrected chi connectivity index (χ3v) is 6.56. The Hall–Kier alpha value is -3.48. The molecule has 0 atom stereocenters. The van der Waals surface area contributed by atoms with Gasteiger partial charge in [0.05, 0.1) is 11.1 Å². The number of fused-ring (bicyclic) bond motifs is 2. The summed E-state index contributed by atoms with van der Waals surface area (Å²) in [5.41, 5.74) is 3.38. The van der Waals surface area contributed by atoms with Crippen LogP contribution in [0.4, 0.5) is 5.82 Å². The first-order valence-electron chi connectivity index (χ1n) is 11.7. The molecule has 1 amide bonds. The lowest BCUT2D eigenvalue weighted by atomic mass is 9.97. The molecule has 1 saturated heterocycles. The first kappa shape index (κ1) is 21.4. The number of anilines is 1. The number of carbonyl (C=O) groups excluding carboxylic acids is 2. The summed E-state index contributed by atoms with van der Waals surface area (Å²) in [6.45, 7) is 2.34. The van der Waals surface area contributed by atoms with Gasteiger partial charge < -0.3 is 14.5 Å². The van der Waals surface area contributed by atoms with E-state index in [4.69, 9.17) is 9.72 Å². The van der Waals surface area contributed by atoms with Crippen molar-refractivity contribution >= 4 is 28.6 Å². The lowest BCUT2D eigenvalue weighted by Gasteiger charge is -2.35. The van der Waals surface area contributed by atoms with Crippen LogP contribution in [0.5, 0.6) is 0 Å². The molecule has 7 heteroatoms. The SMILES string of the molecule is O=C(OCC(=O)N1CCN(c2ccccn2)CC1)c1c2c(nc3ccccc13)CCCCC2. The number of carbonyl (C=O) groups is 2. The van der Waals surface area contributed by atoms with Crippen LogP contribution < -0.4 is 4.90 Å². The van der Waals surface area contributed by atoms with Crippen molar-refractivity contribution in [1.29, 1.82) is 0 Å². The molecule has 7 nitrogen and oxygen atoms in total. The van der Waals surface area contributed by atoms with Crippen molar-refractivity contribution in [3.63, 3.8) is 0 Å². The minimum atomic E-state index is -0.424. The van der Waals surface area contributed by atoms with Gasteiger partial charge in [0, 0.05) is 43.5 Å². The highest BCUT2D eigenvalue weighted by atomic mass is 16.5. The molecule has 0 saturated carbocycles. The molecule has 3 heterocycles. The van der Waals surface area contributed by atoms with Crippen LogP contribution in [0.1, 0.15) is 40.9 Å². The van der Waals surface area contributed by atoms with E-state index in [1.165, 1.54) is 0 Å². The number of pyridine rings is 2. The minimum absolute atomic E-state index is 0.159. The van der Waals surface area contributed by atoms with Crippen molar-refractivity contribution in [2.75, 3.05) is 37.7 Å². The van der Waals surface area contributed by atoms with E-state index >= 15 is 0 Å². The van der Waals surface area contributed by atoms with E-state index in [1.54, 1.807) is 11.1 Å². The Labute approximate surface area is 193 Å². The number of hydrogen-bond acceptors (Lipinski definition) is 6. The lowest BCUT2D eigenvalue weighted by molar-refractivity contribution is -0.134. The summed E-state index contributed by atoms with van der Waals surface area (Å²) in [6.07, 6.45) is 6.71. The summed E-state index contributed by atoms with van der Waals surface area (Å²) in [4.78, 5) is 39.1. The van der Waals surface area contributed by atoms with Gasteiger partial charge in [-0.3, -0.25) is 9.78 Å². The Kier molecular flexibility index (Phi) is 6.19. The van der Waals surface area contributed by atoms with Gasteiger partial charge >= 0.3 is 5.97 Å². The molecule has 1 aliphatic heterocycles. The monoisotopic (exact) mass is 444 g/mol. The van der Waals surface area contributed by atoms with Crippen molar-refractivity contribution < 1.29 is 14.3 Å². The molecule has 1 aromatic carbocycles. The predicted octanol–water partition coefficient (Wildman–Crippen LogP) is 3.40. The van der Waals surface area contributed by atoms with Gasteiger partial charge in [-0.05, 0) is 49.4 Å². The second-order valence-corrected chi connectivity index (χ2v) is 8.62. The largest absolute Gasteiger partial charge is 0.452 e. The topological polar surface area (TPSA) is 75.6 Å². The van der Waals surface area contributed by atoms with Gasteiger partial charge in [-0.25, -0.2) is 9.78 Å². The number of aromatic nitrogens is 2. The van der Waals surface area contributed by atoms with E-state index in [0.717, 1.165) is 60.1 Å². The third-order valence-electron chi connectivity index (χ3n) is 6.56. The summed E-state index contributed by atoms with van der Waals surface area (Å²) in [5.74, 6) is 0.335. The van der Waals surface area contributed by atoms with E-state index < -0.39 is 5.97 Å². The molecule has 0 unspecified atom stereocenters. The smallest absolute Gasteiger partial charge is 0.339 e. The highest BCUT2D eigenvalue weighted by Gasteiger charge is 2.26. The van der Waals surface area contributed by atoms with Crippen LogP contribution in [0.25, 0.3) is 10.9 Å². The zero-order valence-corrected chi connectivity index (χ0v) is 18.7. The van der Waals surface area contributed by atoms with Crippen molar-refractivity contribution in [3.05, 3.63) is 65.5 Å². The summed E-state index contributed by atoms with van der Waals surface area (Å²) in [7, 11) is 0. The van der Waals surface area contributed by atoms with Gasteiger partial charge in [0.2, 0.25) is 0 Å². The summed E-state index contributed by atoms with van der Waals surface area (Å²) < 4.78 is 5.59. The number of esters is 1. The van der Waals surface area contributed by atoms with Crippen molar-refractivity contribution in [2.24, 2.45) is 0 Å². The number of para-hydroxylation sites is 1. The Morgan fingerprint density at radius 3 is 2.52 bits per heavy atom. The molecular weight excluding hydrogens is 416 g/mol. The van der Waals surface area contributed by atoms with Gasteiger partial charge in [0.1, 0.15) is 5.82 Å². The molecule has 5 rings (SSSR count). The van der Waals surface area contributed by atoms with Gasteiger partial charge in [0.25, 0.3) is 5.91 Å². The Bertz CT molecular complexity index is 1160. The first-order valence-corrected chi connectivity index (χ1v) is 11.7. The van der Waals surface area contributed by atoms with E-state index in [-0.39, 0.29) is 12.5 Å². The second kappa shape index (κ2) is 9.57. The van der Waals surface area contributed by atoms with Crippen molar-refractivity contribution in [3.8, 4) is 0 Å². The molecule has 170 valence electrons. The molecule has 0 bridgehead atoms. The Balaban J connectivity index is 1.27. The molecule has 1 aliphatic carbocycles. The highest BCUT2D eigenvalue weighted by molar-refractivity contribution is 6.05. The van der Waals surface area contributed by atoms with Gasteiger partial charge in [-0.2, -0.15) is 0 Å². The minimum Gasteiger partial charge on any atom is -0.452 e. The molecule has 2 aromatic heterocycles. The van der Waals surface area contributed by atoms with Crippen molar-refractivity contribution in [1.82, 2.24) is 14.9 Å². The second-order valence-electron chi connectivity index (χ2n) is 8.62. The normalized spacial score (nSPS) is 16.2. The van der Waals surface area contributed by atoms with E-state index in [2.05, 4.69) is 9.88 Å². The number of piperazine rings is 1. The van der Waals surface area contributed by atoms with Crippen LogP contribution >= 0.6 is 0 Å². The number of ether oxygens (including phenoxy) is 1. The quantitative estimate of drug-likeness (QED) is 0.454. The molecule has 3 aromatic rings. The number of hydrogen-bond donors (Lipinski definition) is 0. The lowest BCUT2D eigenvalue weighted by Crippen LogP contribution is -2.50. The molecule has 0 N–H and O–H groups in total. The fourth-order valence-corrected chi connectivity index (χ4v) is 4.80. The van der Waals surface area contributed by atoms with Crippen LogP contribution in [-0.2, 0) is 22.4 Å². The zero-order valence-electron chi connectivity index (χ0n) is 18.7. The predicted molar refractivity (Wildman–Crippen MR) is 126 cm³/mol. The molecule has 33 heavy (non-hydrogen) atoms. The maximum Gasteiger partial charge on any atom is 0.339 e. The molecule has 2 aliphatic rings. The number of rotatable bonds is 4. The van der Waals surface area contributed by atoms with Gasteiger partial charge in [0.15, 0.2) is 6.61 Å². The van der Waals surface area contributed by atoms with Gasteiger partial charge in [-0.15, -0.1) is 0 Å². The number of aryl methyl sites for hydroxylation is 1. The Morgan fingerprint density at radius 2 is 1.70 bits per heavy atom. The third kappa shape index (κ3) is 4.53. The van der Waals surface area contributed by atoms with Crippen LogP contribution in [-0.4, -0.2) is 59.5 Å². The highest BCUT2D eigenvalue weighted by Crippen LogP contribution is 2.29. The average Bonchev–Trinajstić information content (AvgIpc) is 3.11. The number of benzene rings is 1. The standard InChI is InChI=1S/C26H28N4O3/c31-24(30-16-14-29(15-17-30)23-12-6-7-13-27-23)18-33-26(32)25-19-8-2-1-3-10-21(19)28-22-11-5-4-9-20(22)25/h4-7,9,11-13H,1-3,8,10,14-18H2. The summed E-state index contributed by atoms with van der Waals surface area (Å²) in [5, 5.41) is 0.805. The van der Waals surface area contributed by atoms with E-state index in [1.807, 2.05) is 42.5 Å². The Morgan fingerprint density at radius 1 is 0.909 bits per heavy atom. The maximum atomic E-state index is 13.2. The maximum absolute atomic E-state index is 13.2. The van der Waals surface area contributed by atoms with Crippen LogP contribution in [0.2, 0.25) is 0 Å². The fraction of sp³-hybridized carbons (Fsp3) is 0.385. The summed E-state index contributed by atoms with van der Waals surface area (Å²) >= 11 is 0. The zero-order chi connectivity index (χ0) is 22.6. The number of nitrogens with zero attached hydrogens (tertiary/aromatic N) is 4. The molecular formula is C26H28N4O3. The van der Waals surface area contributed by atoms with Crippen molar-refractivity contribution in [2.45, 2.75) is 32.1 Å². The van der Waals surface area contributed by atoms with Crippen LogP contribution in [0, 0.1) is 0 Å². The van der Waals surface area contributed by atoms with Gasteiger partial charge in [-0.1, -0.05) is 30.7 Å². The molecule has 0 radical (unpaired) electrons. The van der Waals surface area contributed by atoms with E-state index in [0.29, 0.717) is 31.7 Å². The fourth-order valence-electron chi connectivity index (χ4n) is 4.80. The number of amides is 1. The average molecular weight is 445 g/mol. The van der Waals surface area contributed by atoms with Crippen LogP contribution in [0.15, 0.2) is 48.7 Å². The summed E-state index contributed by atoms with van der Waals surface area (Å²) in [6, 6.07) is 13.5. The molecule has 1 fully saturated rings. The first-order chi connectivity index (χ1) is 16.2. The molecule has 0 spiro atoms. The van der Waals surface area contributed by atoms with E-state index in [9.17, 15) is 9.59 Å².